The van der Waals surface area contributed by atoms with Crippen molar-refractivity contribution >= 4 is 23.3 Å². The molecule has 2 unspecified atom stereocenters. The largest absolute Gasteiger partial charge is 0.444 e. The van der Waals surface area contributed by atoms with Crippen molar-refractivity contribution < 1.29 is 19.4 Å². The number of hydrogen-bond acceptors (Lipinski definition) is 7. The maximum atomic E-state index is 13.3. The number of benzene rings is 3. The first kappa shape index (κ1) is 38.0. The van der Waals surface area contributed by atoms with Gasteiger partial charge in [0.15, 0.2) is 0 Å². The van der Waals surface area contributed by atoms with Crippen LogP contribution in [0.3, 0.4) is 0 Å². The van der Waals surface area contributed by atoms with Crippen LogP contribution in [-0.4, -0.2) is 71.6 Å². The number of aliphatic hydroxyl groups is 1. The number of hydrazone groups is 1. The molecule has 0 spiro atoms. The first-order valence-corrected chi connectivity index (χ1v) is 19.1. The monoisotopic (exact) mass is 717 g/mol. The fraction of sp³-hybridized carbons (Fsp3) is 0.432. The number of rotatable bonds is 11. The number of allylic oxidation sites excluding steroid dienone is 4. The van der Waals surface area contributed by atoms with E-state index in [9.17, 15) is 9.59 Å². The number of fused-ring (bicyclic) bond motifs is 1. The van der Waals surface area contributed by atoms with Crippen LogP contribution >= 0.6 is 0 Å². The molecule has 1 aliphatic carbocycles. The summed E-state index contributed by atoms with van der Waals surface area (Å²) in [6, 6.07) is 21.7. The van der Waals surface area contributed by atoms with Gasteiger partial charge in [0.2, 0.25) is 5.91 Å². The van der Waals surface area contributed by atoms with Crippen molar-refractivity contribution in [1.82, 2.24) is 21.0 Å². The molecule has 3 aromatic rings. The van der Waals surface area contributed by atoms with Crippen molar-refractivity contribution in [1.29, 1.82) is 0 Å². The molecule has 0 saturated carbocycles. The van der Waals surface area contributed by atoms with E-state index in [1.165, 1.54) is 44.5 Å². The minimum absolute atomic E-state index is 0.0317. The van der Waals surface area contributed by atoms with E-state index in [1.54, 1.807) is 4.90 Å². The van der Waals surface area contributed by atoms with E-state index in [0.717, 1.165) is 37.1 Å². The normalized spacial score (nSPS) is 20.0. The molecule has 9 heteroatoms. The number of hydrogen-bond donors (Lipinski definition) is 4. The van der Waals surface area contributed by atoms with E-state index in [-0.39, 0.29) is 36.6 Å². The molecule has 3 aromatic carbocycles. The maximum absolute atomic E-state index is 13.3. The highest BCUT2D eigenvalue weighted by atomic mass is 16.6. The Kier molecular flexibility index (Phi) is 12.2. The molecule has 2 amide bonds. The van der Waals surface area contributed by atoms with E-state index < -0.39 is 5.60 Å². The van der Waals surface area contributed by atoms with Gasteiger partial charge in [0.25, 0.3) is 0 Å². The van der Waals surface area contributed by atoms with E-state index in [0.29, 0.717) is 32.5 Å². The Morgan fingerprint density at radius 2 is 1.60 bits per heavy atom. The third-order valence-electron chi connectivity index (χ3n) is 10.4. The Balaban J connectivity index is 1.22. The van der Waals surface area contributed by atoms with Crippen molar-refractivity contribution in [2.45, 2.75) is 91.0 Å². The molecule has 3 aliphatic rings. The van der Waals surface area contributed by atoms with Crippen LogP contribution in [0.2, 0.25) is 0 Å². The number of carbonyl (C=O) groups is 2. The third kappa shape index (κ3) is 9.64. The molecule has 6 rings (SSSR count). The summed E-state index contributed by atoms with van der Waals surface area (Å²) in [4.78, 5) is 27.0. The Hall–Kier alpha value is -4.73. The summed E-state index contributed by atoms with van der Waals surface area (Å²) in [5.41, 5.74) is 14.6. The summed E-state index contributed by atoms with van der Waals surface area (Å²) in [5.74, 6) is 0.300. The minimum Gasteiger partial charge on any atom is -0.444 e. The molecular weight excluding hydrogens is 663 g/mol. The number of ether oxygens (including phenoxy) is 1. The average Bonchev–Trinajstić information content (AvgIpc) is 3.30. The number of nitrogens with one attached hydrogen (secondary N) is 3. The van der Waals surface area contributed by atoms with Crippen LogP contribution in [0.5, 0.6) is 0 Å². The molecule has 1 fully saturated rings. The average molecular weight is 718 g/mol. The number of nitrogens with zero attached hydrogens (tertiary/aromatic N) is 2. The molecule has 2 aliphatic heterocycles. The van der Waals surface area contributed by atoms with Gasteiger partial charge in [-0.2, -0.15) is 5.10 Å². The number of amides is 2. The molecule has 0 radical (unpaired) electrons. The molecule has 2 heterocycles. The lowest BCUT2D eigenvalue weighted by molar-refractivity contribution is -0.119. The molecule has 0 bridgehead atoms. The van der Waals surface area contributed by atoms with Gasteiger partial charge in [0, 0.05) is 44.6 Å². The van der Waals surface area contributed by atoms with Crippen molar-refractivity contribution in [3.8, 4) is 22.3 Å². The highest BCUT2D eigenvalue weighted by Gasteiger charge is 2.31. The van der Waals surface area contributed by atoms with E-state index in [1.807, 2.05) is 20.8 Å². The van der Waals surface area contributed by atoms with Crippen LogP contribution in [-0.2, 0) is 16.1 Å². The zero-order valence-electron chi connectivity index (χ0n) is 31.9. The Morgan fingerprint density at radius 3 is 2.28 bits per heavy atom. The first-order chi connectivity index (χ1) is 25.5. The van der Waals surface area contributed by atoms with Crippen molar-refractivity contribution in [2.75, 3.05) is 26.2 Å². The zero-order valence-corrected chi connectivity index (χ0v) is 31.9. The maximum Gasteiger partial charge on any atom is 0.410 e. The molecule has 53 heavy (non-hydrogen) atoms. The minimum atomic E-state index is -0.616. The lowest BCUT2D eigenvalue weighted by atomic mass is 9.87. The summed E-state index contributed by atoms with van der Waals surface area (Å²) in [7, 11) is 0. The van der Waals surface area contributed by atoms with Crippen LogP contribution in [0.15, 0.2) is 84.0 Å². The Labute approximate surface area is 314 Å². The molecule has 4 N–H and O–H groups in total. The van der Waals surface area contributed by atoms with Crippen LogP contribution in [0.4, 0.5) is 4.79 Å². The quantitative estimate of drug-likeness (QED) is 0.155. The van der Waals surface area contributed by atoms with Crippen LogP contribution in [0.1, 0.15) is 75.1 Å². The highest BCUT2D eigenvalue weighted by molar-refractivity contribution is 6.05. The van der Waals surface area contributed by atoms with E-state index >= 15 is 0 Å². The fourth-order valence-electron chi connectivity index (χ4n) is 7.62. The summed E-state index contributed by atoms with van der Waals surface area (Å²) < 4.78 is 5.78. The molecular formula is C44H55N5O4. The second kappa shape index (κ2) is 16.9. The summed E-state index contributed by atoms with van der Waals surface area (Å²) in [5, 5.41) is 20.3. The standard InChI is InChI=1S/C44H55N5O4/c1-29-37(32-17-15-31(16-18-32)26-45-23-24-50)11-7-13-39(29)40-14-8-12-38(30(40)2)34-10-6-9-33-19-20-36(47-48-41(33)25-34)28-49(43(52)53-44(3,4)5)27-35-21-22-42(51)46-35/h6-8,10-18,25,33,35-36,45,47,50H,9,19-24,26-28H2,1-5H3,(H,46,51)/t33?,35-,36?/m0/s1. The molecule has 9 nitrogen and oxygen atoms in total. The van der Waals surface area contributed by atoms with Crippen molar-refractivity contribution in [3.05, 3.63) is 101 Å². The lowest BCUT2D eigenvalue weighted by Gasteiger charge is -2.31. The van der Waals surface area contributed by atoms with Crippen molar-refractivity contribution in [3.63, 3.8) is 0 Å². The summed E-state index contributed by atoms with van der Waals surface area (Å²) >= 11 is 0. The first-order valence-electron chi connectivity index (χ1n) is 19.1. The van der Waals surface area contributed by atoms with Gasteiger partial charge in [-0.05, 0) is 116 Å². The van der Waals surface area contributed by atoms with Gasteiger partial charge in [0.1, 0.15) is 5.60 Å². The molecule has 280 valence electrons. The predicted molar refractivity (Wildman–Crippen MR) is 213 cm³/mol. The predicted octanol–water partition coefficient (Wildman–Crippen LogP) is 7.30. The van der Waals surface area contributed by atoms with Gasteiger partial charge in [0.05, 0.1) is 18.4 Å². The van der Waals surface area contributed by atoms with Crippen LogP contribution in [0.25, 0.3) is 27.8 Å². The number of carbonyl (C=O) groups excluding carboxylic acids is 2. The highest BCUT2D eigenvalue weighted by Crippen LogP contribution is 2.37. The molecule has 3 atom stereocenters. The van der Waals surface area contributed by atoms with Crippen LogP contribution < -0.4 is 16.1 Å². The summed E-state index contributed by atoms with van der Waals surface area (Å²) in [6.45, 7) is 12.4. The smallest absolute Gasteiger partial charge is 0.410 e. The number of aliphatic hydroxyl groups excluding tert-OH is 1. The molecule has 1 saturated heterocycles. The van der Waals surface area contributed by atoms with Gasteiger partial charge in [-0.25, -0.2) is 4.79 Å². The van der Waals surface area contributed by atoms with Gasteiger partial charge < -0.3 is 30.8 Å². The summed E-state index contributed by atoms with van der Waals surface area (Å²) in [6.07, 6.45) is 10.3. The molecule has 0 aromatic heterocycles. The van der Waals surface area contributed by atoms with Gasteiger partial charge in [-0.3, -0.25) is 4.79 Å². The Morgan fingerprint density at radius 1 is 0.925 bits per heavy atom. The van der Waals surface area contributed by atoms with E-state index in [2.05, 4.69) is 109 Å². The Bertz CT molecular complexity index is 1870. The van der Waals surface area contributed by atoms with Gasteiger partial charge in [-0.1, -0.05) is 72.8 Å². The zero-order chi connectivity index (χ0) is 37.5. The van der Waals surface area contributed by atoms with Gasteiger partial charge >= 0.3 is 6.09 Å². The second-order valence-electron chi connectivity index (χ2n) is 15.6. The van der Waals surface area contributed by atoms with Crippen molar-refractivity contribution in [2.24, 2.45) is 11.0 Å². The lowest BCUT2D eigenvalue weighted by Crippen LogP contribution is -2.49. The second-order valence-corrected chi connectivity index (χ2v) is 15.6. The third-order valence-corrected chi connectivity index (χ3v) is 10.4. The fourth-order valence-corrected chi connectivity index (χ4v) is 7.62. The topological polar surface area (TPSA) is 115 Å². The van der Waals surface area contributed by atoms with Crippen LogP contribution in [0, 0.1) is 19.8 Å². The SMILES string of the molecule is Cc1c(C2=CC3=NNC(CN(C[C@@H]4CCC(=O)N4)C(=O)OC(C)(C)C)CCC3CC=C2)cccc1-c1cccc(-c2ccc(CNCCO)cc2)c1C. The van der Waals surface area contributed by atoms with Gasteiger partial charge in [-0.15, -0.1) is 0 Å². The van der Waals surface area contributed by atoms with E-state index in [4.69, 9.17) is 14.9 Å².